The predicted octanol–water partition coefficient (Wildman–Crippen LogP) is 3.12. The van der Waals surface area contributed by atoms with Crippen molar-refractivity contribution in [1.82, 2.24) is 0 Å². The van der Waals surface area contributed by atoms with Crippen LogP contribution in [0.1, 0.15) is 33.5 Å². The molecule has 0 aliphatic heterocycles. The molecule has 0 amide bonds. The lowest BCUT2D eigenvalue weighted by atomic mass is 9.93. The van der Waals surface area contributed by atoms with Crippen LogP contribution in [0.15, 0.2) is 6.07 Å². The third-order valence-corrected chi connectivity index (χ3v) is 3.11. The lowest BCUT2D eigenvalue weighted by Crippen LogP contribution is -2.07. The number of aryl methyl sites for hydroxylation is 1. The SMILES string of the molecule is COc1cc(C)c(C(=O)CCS)c(C)c1C. The van der Waals surface area contributed by atoms with Gasteiger partial charge in [-0.1, -0.05) is 0 Å². The average molecular weight is 238 g/mol. The number of carbonyl (C=O) groups excluding carboxylic acids is 1. The maximum absolute atomic E-state index is 11.9. The second-order valence-electron chi connectivity index (χ2n) is 3.92. The summed E-state index contributed by atoms with van der Waals surface area (Å²) in [5, 5.41) is 0. The highest BCUT2D eigenvalue weighted by Gasteiger charge is 2.15. The first kappa shape index (κ1) is 13.1. The Morgan fingerprint density at radius 2 is 1.94 bits per heavy atom. The molecule has 0 saturated heterocycles. The van der Waals surface area contributed by atoms with E-state index in [0.717, 1.165) is 28.0 Å². The lowest BCUT2D eigenvalue weighted by molar-refractivity contribution is 0.0988. The molecule has 0 fully saturated rings. The van der Waals surface area contributed by atoms with Gasteiger partial charge in [0, 0.05) is 12.0 Å². The summed E-state index contributed by atoms with van der Waals surface area (Å²) in [5.41, 5.74) is 3.86. The molecule has 0 spiro atoms. The highest BCUT2D eigenvalue weighted by Crippen LogP contribution is 2.28. The quantitative estimate of drug-likeness (QED) is 0.644. The molecule has 16 heavy (non-hydrogen) atoms. The largest absolute Gasteiger partial charge is 0.496 e. The summed E-state index contributed by atoms with van der Waals surface area (Å²) in [5.74, 6) is 1.59. The van der Waals surface area contributed by atoms with E-state index in [1.807, 2.05) is 26.8 Å². The number of hydrogen-bond acceptors (Lipinski definition) is 3. The van der Waals surface area contributed by atoms with Crippen LogP contribution in [0, 0.1) is 20.8 Å². The minimum absolute atomic E-state index is 0.163. The van der Waals surface area contributed by atoms with Gasteiger partial charge in [-0.2, -0.15) is 12.6 Å². The van der Waals surface area contributed by atoms with Gasteiger partial charge >= 0.3 is 0 Å². The summed E-state index contributed by atoms with van der Waals surface area (Å²) in [6.45, 7) is 5.89. The number of Topliss-reactive ketones (excluding diaryl/α,β-unsaturated/α-hetero) is 1. The summed E-state index contributed by atoms with van der Waals surface area (Å²) in [4.78, 5) is 11.9. The molecule has 0 unspecified atom stereocenters. The van der Waals surface area contributed by atoms with E-state index in [1.165, 1.54) is 0 Å². The van der Waals surface area contributed by atoms with Crippen molar-refractivity contribution in [3.63, 3.8) is 0 Å². The van der Waals surface area contributed by atoms with E-state index in [1.54, 1.807) is 7.11 Å². The van der Waals surface area contributed by atoms with E-state index < -0.39 is 0 Å². The van der Waals surface area contributed by atoms with E-state index in [9.17, 15) is 4.79 Å². The van der Waals surface area contributed by atoms with Gasteiger partial charge in [-0.15, -0.1) is 0 Å². The van der Waals surface area contributed by atoms with E-state index in [-0.39, 0.29) is 5.78 Å². The molecule has 0 aliphatic carbocycles. The van der Waals surface area contributed by atoms with Crippen molar-refractivity contribution in [2.45, 2.75) is 27.2 Å². The van der Waals surface area contributed by atoms with Crippen molar-refractivity contribution >= 4 is 18.4 Å². The Bertz CT molecular complexity index is 411. The van der Waals surface area contributed by atoms with Crippen LogP contribution in [-0.2, 0) is 0 Å². The second kappa shape index (κ2) is 5.39. The van der Waals surface area contributed by atoms with E-state index in [4.69, 9.17) is 4.74 Å². The van der Waals surface area contributed by atoms with Crippen molar-refractivity contribution in [1.29, 1.82) is 0 Å². The fraction of sp³-hybridized carbons (Fsp3) is 0.462. The summed E-state index contributed by atoms with van der Waals surface area (Å²) in [6.07, 6.45) is 0.483. The van der Waals surface area contributed by atoms with Crippen LogP contribution in [-0.4, -0.2) is 18.6 Å². The normalized spacial score (nSPS) is 10.3. The molecule has 0 bridgehead atoms. The number of thiol groups is 1. The Balaban J connectivity index is 3.30. The van der Waals surface area contributed by atoms with E-state index in [2.05, 4.69) is 12.6 Å². The molecule has 1 aromatic rings. The average Bonchev–Trinajstić information content (AvgIpc) is 2.24. The predicted molar refractivity (Wildman–Crippen MR) is 70.0 cm³/mol. The molecular formula is C13H18O2S. The first-order valence-corrected chi connectivity index (χ1v) is 5.95. The Hall–Kier alpha value is -0.960. The number of ketones is 1. The van der Waals surface area contributed by atoms with Gasteiger partial charge in [-0.05, 0) is 49.3 Å². The maximum atomic E-state index is 11.9. The van der Waals surface area contributed by atoms with Gasteiger partial charge in [0.2, 0.25) is 0 Å². The number of methoxy groups -OCH3 is 1. The van der Waals surface area contributed by atoms with E-state index >= 15 is 0 Å². The first-order valence-electron chi connectivity index (χ1n) is 5.31. The molecule has 0 radical (unpaired) electrons. The van der Waals surface area contributed by atoms with Crippen LogP contribution >= 0.6 is 12.6 Å². The van der Waals surface area contributed by atoms with Gasteiger partial charge in [-0.25, -0.2) is 0 Å². The Kier molecular flexibility index (Phi) is 4.42. The molecule has 1 rings (SSSR count). The smallest absolute Gasteiger partial charge is 0.164 e. The Labute approximate surface area is 102 Å². The van der Waals surface area contributed by atoms with Crippen LogP contribution in [0.25, 0.3) is 0 Å². The monoisotopic (exact) mass is 238 g/mol. The number of carbonyl (C=O) groups is 1. The fourth-order valence-corrected chi connectivity index (χ4v) is 2.12. The molecule has 0 N–H and O–H groups in total. The Morgan fingerprint density at radius 3 is 2.44 bits per heavy atom. The van der Waals surface area contributed by atoms with Crippen molar-refractivity contribution in [2.75, 3.05) is 12.9 Å². The molecule has 2 nitrogen and oxygen atoms in total. The summed E-state index contributed by atoms with van der Waals surface area (Å²) >= 11 is 4.10. The number of hydrogen-bond donors (Lipinski definition) is 1. The topological polar surface area (TPSA) is 26.3 Å². The van der Waals surface area contributed by atoms with Crippen LogP contribution in [0.2, 0.25) is 0 Å². The Morgan fingerprint density at radius 1 is 1.31 bits per heavy atom. The molecule has 88 valence electrons. The minimum Gasteiger partial charge on any atom is -0.496 e. The molecule has 0 aliphatic rings. The van der Waals surface area contributed by atoms with Crippen molar-refractivity contribution in [2.24, 2.45) is 0 Å². The van der Waals surface area contributed by atoms with Gasteiger partial charge < -0.3 is 4.74 Å². The zero-order valence-corrected chi connectivity index (χ0v) is 11.1. The highest BCUT2D eigenvalue weighted by molar-refractivity contribution is 7.80. The molecule has 0 atom stereocenters. The highest BCUT2D eigenvalue weighted by atomic mass is 32.1. The number of benzene rings is 1. The standard InChI is InChI=1S/C13H18O2S/c1-8-7-12(15-4)9(2)10(3)13(8)11(14)5-6-16/h7,16H,5-6H2,1-4H3. The van der Waals surface area contributed by atoms with Crippen molar-refractivity contribution < 1.29 is 9.53 Å². The third kappa shape index (κ3) is 2.40. The first-order chi connectivity index (χ1) is 7.52. The molecule has 0 heterocycles. The summed E-state index contributed by atoms with van der Waals surface area (Å²) < 4.78 is 5.27. The van der Waals surface area contributed by atoms with Crippen molar-refractivity contribution in [3.05, 3.63) is 28.3 Å². The van der Waals surface area contributed by atoms with Crippen LogP contribution in [0.3, 0.4) is 0 Å². The molecule has 0 saturated carbocycles. The molecule has 3 heteroatoms. The molecular weight excluding hydrogens is 220 g/mol. The van der Waals surface area contributed by atoms with E-state index in [0.29, 0.717) is 12.2 Å². The van der Waals surface area contributed by atoms with Gasteiger partial charge in [0.25, 0.3) is 0 Å². The van der Waals surface area contributed by atoms with Gasteiger partial charge in [0.1, 0.15) is 5.75 Å². The zero-order valence-electron chi connectivity index (χ0n) is 10.3. The molecule has 0 aromatic heterocycles. The number of ether oxygens (including phenoxy) is 1. The summed E-state index contributed by atoms with van der Waals surface area (Å²) in [6, 6.07) is 1.92. The maximum Gasteiger partial charge on any atom is 0.164 e. The molecule has 1 aromatic carbocycles. The van der Waals surface area contributed by atoms with Crippen molar-refractivity contribution in [3.8, 4) is 5.75 Å². The number of rotatable bonds is 4. The van der Waals surface area contributed by atoms with Gasteiger partial charge in [0.05, 0.1) is 7.11 Å². The fourth-order valence-electron chi connectivity index (χ4n) is 1.91. The zero-order chi connectivity index (χ0) is 12.3. The van der Waals surface area contributed by atoms with Gasteiger partial charge in [0.15, 0.2) is 5.78 Å². The second-order valence-corrected chi connectivity index (χ2v) is 4.36. The lowest BCUT2D eigenvalue weighted by Gasteiger charge is -2.14. The van der Waals surface area contributed by atoms with Crippen LogP contribution in [0.5, 0.6) is 5.75 Å². The van der Waals surface area contributed by atoms with Crippen LogP contribution < -0.4 is 4.74 Å². The third-order valence-electron chi connectivity index (χ3n) is 2.89. The van der Waals surface area contributed by atoms with Crippen LogP contribution in [0.4, 0.5) is 0 Å². The van der Waals surface area contributed by atoms with Gasteiger partial charge in [-0.3, -0.25) is 4.79 Å². The minimum atomic E-state index is 0.163. The summed E-state index contributed by atoms with van der Waals surface area (Å²) in [7, 11) is 1.65.